The van der Waals surface area contributed by atoms with Crippen molar-refractivity contribution in [1.29, 1.82) is 0 Å². The molecule has 0 aliphatic heterocycles. The molecule has 0 spiro atoms. The number of carboxylic acid groups (broad SMARTS) is 1. The van der Waals surface area contributed by atoms with E-state index in [1.807, 2.05) is 0 Å². The Bertz CT molecular complexity index is 271. The molecule has 1 saturated carbocycles. The summed E-state index contributed by atoms with van der Waals surface area (Å²) in [5.74, 6) is -1.13. The molecule has 1 amide bonds. The van der Waals surface area contributed by atoms with E-state index in [4.69, 9.17) is 4.84 Å². The van der Waals surface area contributed by atoms with Crippen LogP contribution in [-0.2, 0) is 14.4 Å². The molecule has 16 heavy (non-hydrogen) atoms. The van der Waals surface area contributed by atoms with Gasteiger partial charge >= 0.3 is 5.97 Å². The Balaban J connectivity index is 2.71. The Kier molecular flexibility index (Phi) is 4.29. The van der Waals surface area contributed by atoms with Crippen LogP contribution in [0.25, 0.3) is 0 Å². The van der Waals surface area contributed by atoms with E-state index in [1.165, 1.54) is 14.2 Å². The lowest BCUT2D eigenvalue weighted by Gasteiger charge is -2.33. The smallest absolute Gasteiger partial charge is 0.310 e. The number of hydrogen-bond acceptors (Lipinski definition) is 3. The van der Waals surface area contributed by atoms with Gasteiger partial charge in [0.25, 0.3) is 0 Å². The first-order chi connectivity index (χ1) is 7.52. The molecule has 0 heterocycles. The van der Waals surface area contributed by atoms with Crippen molar-refractivity contribution in [3.05, 3.63) is 0 Å². The Hall–Kier alpha value is -1.10. The summed E-state index contributed by atoms with van der Waals surface area (Å²) in [6.07, 6.45) is 4.04. The number of carbonyl (C=O) groups excluding carboxylic acids is 1. The third kappa shape index (κ3) is 2.72. The summed E-state index contributed by atoms with van der Waals surface area (Å²) in [6, 6.07) is 0. The third-order valence-corrected chi connectivity index (χ3v) is 3.38. The summed E-state index contributed by atoms with van der Waals surface area (Å²) in [6.45, 7) is 0. The number of carboxylic acids is 1. The van der Waals surface area contributed by atoms with Gasteiger partial charge in [-0.05, 0) is 12.8 Å². The lowest BCUT2D eigenvalue weighted by molar-refractivity contribution is -0.175. The van der Waals surface area contributed by atoms with Crippen molar-refractivity contribution >= 4 is 11.9 Å². The lowest BCUT2D eigenvalue weighted by atomic mass is 9.71. The average Bonchev–Trinajstić information content (AvgIpc) is 2.28. The van der Waals surface area contributed by atoms with Crippen LogP contribution in [0.4, 0.5) is 0 Å². The zero-order valence-corrected chi connectivity index (χ0v) is 9.86. The Labute approximate surface area is 95.3 Å². The number of amides is 1. The van der Waals surface area contributed by atoms with Crippen molar-refractivity contribution in [1.82, 2.24) is 5.06 Å². The first-order valence-electron chi connectivity index (χ1n) is 5.56. The van der Waals surface area contributed by atoms with Crippen LogP contribution < -0.4 is 0 Å². The fourth-order valence-corrected chi connectivity index (χ4v) is 2.20. The minimum absolute atomic E-state index is 0.0344. The molecule has 1 aliphatic rings. The number of rotatable bonds is 4. The van der Waals surface area contributed by atoms with Crippen LogP contribution in [-0.4, -0.2) is 36.2 Å². The van der Waals surface area contributed by atoms with Crippen molar-refractivity contribution in [2.75, 3.05) is 14.2 Å². The summed E-state index contributed by atoms with van der Waals surface area (Å²) in [5, 5.41) is 10.4. The number of carbonyl (C=O) groups is 2. The summed E-state index contributed by atoms with van der Waals surface area (Å²) in [4.78, 5) is 27.8. The molecular formula is C11H19NO4. The van der Waals surface area contributed by atoms with Crippen molar-refractivity contribution in [3.8, 4) is 0 Å². The van der Waals surface area contributed by atoms with Crippen LogP contribution in [0, 0.1) is 5.41 Å². The second-order valence-electron chi connectivity index (χ2n) is 4.40. The van der Waals surface area contributed by atoms with Gasteiger partial charge in [0.2, 0.25) is 5.91 Å². The highest BCUT2D eigenvalue weighted by atomic mass is 16.7. The van der Waals surface area contributed by atoms with E-state index in [2.05, 4.69) is 0 Å². The maximum atomic E-state index is 11.7. The monoisotopic (exact) mass is 229 g/mol. The summed E-state index contributed by atoms with van der Waals surface area (Å²) in [7, 11) is 2.90. The van der Waals surface area contributed by atoms with Gasteiger partial charge in [0.05, 0.1) is 12.5 Å². The van der Waals surface area contributed by atoms with E-state index in [0.29, 0.717) is 12.8 Å². The standard InChI is InChI=1S/C11H19NO4/c1-12(16-2)9(13)8-11(10(14)15)6-4-3-5-7-11/h3-8H2,1-2H3,(H,14,15). The van der Waals surface area contributed by atoms with Crippen LogP contribution in [0.3, 0.4) is 0 Å². The van der Waals surface area contributed by atoms with Crippen molar-refractivity contribution < 1.29 is 19.5 Å². The predicted molar refractivity (Wildman–Crippen MR) is 57.5 cm³/mol. The molecule has 1 N–H and O–H groups in total. The van der Waals surface area contributed by atoms with E-state index < -0.39 is 11.4 Å². The van der Waals surface area contributed by atoms with Gasteiger partial charge in [0.1, 0.15) is 0 Å². The van der Waals surface area contributed by atoms with Gasteiger partial charge in [-0.25, -0.2) is 5.06 Å². The fourth-order valence-electron chi connectivity index (χ4n) is 2.20. The fraction of sp³-hybridized carbons (Fsp3) is 0.818. The number of hydroxylamine groups is 2. The van der Waals surface area contributed by atoms with Crippen molar-refractivity contribution in [2.45, 2.75) is 38.5 Å². The number of hydrogen-bond donors (Lipinski definition) is 1. The van der Waals surface area contributed by atoms with E-state index in [-0.39, 0.29) is 12.3 Å². The normalized spacial score (nSPS) is 19.1. The molecule has 0 bridgehead atoms. The zero-order chi connectivity index (χ0) is 12.2. The minimum atomic E-state index is -0.873. The highest BCUT2D eigenvalue weighted by Crippen LogP contribution is 2.39. The van der Waals surface area contributed by atoms with E-state index >= 15 is 0 Å². The molecule has 92 valence electrons. The van der Waals surface area contributed by atoms with Crippen molar-refractivity contribution in [2.24, 2.45) is 5.41 Å². The highest BCUT2D eigenvalue weighted by molar-refractivity contribution is 5.84. The van der Waals surface area contributed by atoms with E-state index in [9.17, 15) is 14.7 Å². The second kappa shape index (κ2) is 5.30. The molecule has 1 fully saturated rings. The number of aliphatic carboxylic acids is 1. The molecule has 1 rings (SSSR count). The van der Waals surface area contributed by atoms with Gasteiger partial charge < -0.3 is 5.11 Å². The third-order valence-electron chi connectivity index (χ3n) is 3.38. The molecule has 5 nitrogen and oxygen atoms in total. The maximum absolute atomic E-state index is 11.7. The highest BCUT2D eigenvalue weighted by Gasteiger charge is 2.42. The number of nitrogens with zero attached hydrogens (tertiary/aromatic N) is 1. The van der Waals surface area contributed by atoms with E-state index in [0.717, 1.165) is 24.3 Å². The predicted octanol–water partition coefficient (Wildman–Crippen LogP) is 1.43. The molecule has 0 unspecified atom stereocenters. The largest absolute Gasteiger partial charge is 0.481 e. The van der Waals surface area contributed by atoms with E-state index in [1.54, 1.807) is 0 Å². The van der Waals surface area contributed by atoms with Gasteiger partial charge in [-0.3, -0.25) is 14.4 Å². The van der Waals surface area contributed by atoms with Gasteiger partial charge in [-0.2, -0.15) is 0 Å². The topological polar surface area (TPSA) is 66.8 Å². The second-order valence-corrected chi connectivity index (χ2v) is 4.40. The first-order valence-corrected chi connectivity index (χ1v) is 5.56. The first kappa shape index (κ1) is 13.0. The van der Waals surface area contributed by atoms with Gasteiger partial charge in [0.15, 0.2) is 0 Å². The molecule has 0 saturated heterocycles. The minimum Gasteiger partial charge on any atom is -0.481 e. The van der Waals surface area contributed by atoms with Crippen LogP contribution >= 0.6 is 0 Å². The molecule has 0 aromatic rings. The summed E-state index contributed by atoms with van der Waals surface area (Å²) >= 11 is 0. The Morgan fingerprint density at radius 3 is 2.31 bits per heavy atom. The van der Waals surface area contributed by atoms with Crippen LogP contribution in [0.1, 0.15) is 38.5 Å². The van der Waals surface area contributed by atoms with Crippen LogP contribution in [0.15, 0.2) is 0 Å². The quantitative estimate of drug-likeness (QED) is 0.740. The maximum Gasteiger partial charge on any atom is 0.310 e. The molecular weight excluding hydrogens is 210 g/mol. The van der Waals surface area contributed by atoms with Gasteiger partial charge in [-0.15, -0.1) is 0 Å². The summed E-state index contributed by atoms with van der Waals surface area (Å²) < 4.78 is 0. The molecule has 0 atom stereocenters. The SMILES string of the molecule is CON(C)C(=O)CC1(C(=O)O)CCCCC1. The lowest BCUT2D eigenvalue weighted by Crippen LogP contribution is -2.39. The van der Waals surface area contributed by atoms with Gasteiger partial charge in [0, 0.05) is 13.5 Å². The summed E-state index contributed by atoms with van der Waals surface area (Å²) in [5.41, 5.74) is -0.873. The molecule has 5 heteroatoms. The Morgan fingerprint density at radius 2 is 1.88 bits per heavy atom. The van der Waals surface area contributed by atoms with Crippen LogP contribution in [0.2, 0.25) is 0 Å². The molecule has 0 aromatic carbocycles. The molecule has 0 radical (unpaired) electrons. The molecule has 1 aliphatic carbocycles. The Morgan fingerprint density at radius 1 is 1.31 bits per heavy atom. The van der Waals surface area contributed by atoms with Gasteiger partial charge in [-0.1, -0.05) is 19.3 Å². The van der Waals surface area contributed by atoms with Crippen LogP contribution in [0.5, 0.6) is 0 Å². The molecule has 0 aromatic heterocycles. The zero-order valence-electron chi connectivity index (χ0n) is 9.86. The van der Waals surface area contributed by atoms with Crippen molar-refractivity contribution in [3.63, 3.8) is 0 Å². The average molecular weight is 229 g/mol.